The number of hydrogen-bond donors (Lipinski definition) is 0. The molecule has 3 aliphatic carbocycles. The standard InChI is InChI=1S/C20H21N3O2/c1-22(2)13-5-3-12(4-6-13)11-21-23-18(24)16-14-7-8-15(17(16)19(23)25)20(14)9-10-20/h3-8,11,14-17H,9-10H2,1-2H3/b21-11-/t14-,15-,16+,17+/m1/s1. The second-order valence-electron chi connectivity index (χ2n) is 7.94. The largest absolute Gasteiger partial charge is 0.378 e. The number of rotatable bonds is 3. The van der Waals surface area contributed by atoms with Crippen LogP contribution in [-0.2, 0) is 9.59 Å². The molecule has 25 heavy (non-hydrogen) atoms. The number of benzene rings is 1. The maximum Gasteiger partial charge on any atom is 0.254 e. The number of carbonyl (C=O) groups excluding carboxylic acids is 2. The zero-order chi connectivity index (χ0) is 17.3. The third-order valence-corrected chi connectivity index (χ3v) is 6.56. The van der Waals surface area contributed by atoms with Gasteiger partial charge in [-0.25, -0.2) is 0 Å². The lowest BCUT2D eigenvalue weighted by Crippen LogP contribution is -2.30. The number of nitrogens with zero attached hydrogens (tertiary/aromatic N) is 3. The minimum atomic E-state index is -0.182. The van der Waals surface area contributed by atoms with Gasteiger partial charge in [0.05, 0.1) is 18.1 Å². The van der Waals surface area contributed by atoms with Crippen molar-refractivity contribution in [3.8, 4) is 0 Å². The number of fused-ring (bicyclic) bond motifs is 3. The van der Waals surface area contributed by atoms with E-state index in [4.69, 9.17) is 0 Å². The van der Waals surface area contributed by atoms with Crippen molar-refractivity contribution in [1.29, 1.82) is 0 Å². The van der Waals surface area contributed by atoms with Gasteiger partial charge in [0.15, 0.2) is 0 Å². The van der Waals surface area contributed by atoms with Crippen molar-refractivity contribution < 1.29 is 9.59 Å². The predicted molar refractivity (Wildman–Crippen MR) is 95.0 cm³/mol. The third kappa shape index (κ3) is 1.86. The Hall–Kier alpha value is -2.43. The molecule has 1 aromatic rings. The molecule has 5 nitrogen and oxygen atoms in total. The minimum Gasteiger partial charge on any atom is -0.378 e. The molecule has 4 aliphatic rings. The molecule has 1 spiro atoms. The van der Waals surface area contributed by atoms with E-state index in [-0.39, 0.29) is 40.9 Å². The number of amides is 2. The lowest BCUT2D eigenvalue weighted by atomic mass is 9.85. The molecule has 2 saturated carbocycles. The van der Waals surface area contributed by atoms with E-state index < -0.39 is 0 Å². The van der Waals surface area contributed by atoms with Crippen molar-refractivity contribution in [3.63, 3.8) is 0 Å². The van der Waals surface area contributed by atoms with Crippen LogP contribution in [0.2, 0.25) is 0 Å². The van der Waals surface area contributed by atoms with Gasteiger partial charge >= 0.3 is 0 Å². The second-order valence-corrected chi connectivity index (χ2v) is 7.94. The van der Waals surface area contributed by atoms with Crippen LogP contribution in [0.1, 0.15) is 18.4 Å². The Morgan fingerprint density at radius 2 is 1.60 bits per heavy atom. The first-order valence-corrected chi connectivity index (χ1v) is 8.90. The summed E-state index contributed by atoms with van der Waals surface area (Å²) in [7, 11) is 3.97. The second kappa shape index (κ2) is 4.81. The zero-order valence-corrected chi connectivity index (χ0v) is 14.4. The first-order chi connectivity index (χ1) is 12.0. The van der Waals surface area contributed by atoms with Gasteiger partial charge in [0.2, 0.25) is 0 Å². The van der Waals surface area contributed by atoms with E-state index in [1.54, 1.807) is 6.21 Å². The van der Waals surface area contributed by atoms with Crippen LogP contribution in [0, 0.1) is 29.1 Å². The Morgan fingerprint density at radius 3 is 2.08 bits per heavy atom. The van der Waals surface area contributed by atoms with Crippen molar-refractivity contribution >= 4 is 23.7 Å². The topological polar surface area (TPSA) is 53.0 Å². The molecule has 2 bridgehead atoms. The summed E-state index contributed by atoms with van der Waals surface area (Å²) in [6.45, 7) is 0. The lowest BCUT2D eigenvalue weighted by Gasteiger charge is -2.18. The van der Waals surface area contributed by atoms with Crippen LogP contribution in [0.3, 0.4) is 0 Å². The monoisotopic (exact) mass is 335 g/mol. The lowest BCUT2D eigenvalue weighted by molar-refractivity contribution is -0.141. The van der Waals surface area contributed by atoms with E-state index in [1.807, 2.05) is 43.3 Å². The summed E-state index contributed by atoms with van der Waals surface area (Å²) in [4.78, 5) is 27.7. The molecule has 3 fully saturated rings. The van der Waals surface area contributed by atoms with Crippen LogP contribution >= 0.6 is 0 Å². The predicted octanol–water partition coefficient (Wildman–Crippen LogP) is 2.28. The van der Waals surface area contributed by atoms with Crippen molar-refractivity contribution in [1.82, 2.24) is 5.01 Å². The van der Waals surface area contributed by atoms with Gasteiger partial charge in [-0.15, -0.1) is 0 Å². The summed E-state index contributed by atoms with van der Waals surface area (Å²) >= 11 is 0. The number of allylic oxidation sites excluding steroid dienone is 2. The molecular formula is C20H21N3O2. The fourth-order valence-electron chi connectivity index (χ4n) is 5.16. The molecule has 5 rings (SSSR count). The van der Waals surface area contributed by atoms with Gasteiger partial charge in [-0.1, -0.05) is 24.3 Å². The highest BCUT2D eigenvalue weighted by Gasteiger charge is 2.73. The van der Waals surface area contributed by atoms with Gasteiger partial charge in [0, 0.05) is 19.8 Å². The molecular weight excluding hydrogens is 314 g/mol. The Balaban J connectivity index is 1.38. The fraction of sp³-hybridized carbons (Fsp3) is 0.450. The summed E-state index contributed by atoms with van der Waals surface area (Å²) in [6, 6.07) is 7.86. The van der Waals surface area contributed by atoms with Gasteiger partial charge in [-0.3, -0.25) is 9.59 Å². The van der Waals surface area contributed by atoms with Crippen molar-refractivity contribution in [2.75, 3.05) is 19.0 Å². The first kappa shape index (κ1) is 14.9. The quantitative estimate of drug-likeness (QED) is 0.484. The molecule has 1 heterocycles. The number of carbonyl (C=O) groups is 2. The summed E-state index contributed by atoms with van der Waals surface area (Å²) < 4.78 is 0. The maximum absolute atomic E-state index is 12.8. The number of hydrazone groups is 1. The van der Waals surface area contributed by atoms with Crippen LogP contribution in [-0.4, -0.2) is 37.1 Å². The SMILES string of the molecule is CN(C)c1ccc(/C=N\N2C(=O)[C@@H]3[C@@H](C2=O)[C@H]2C=C[C@H]3C23CC3)cc1. The smallest absolute Gasteiger partial charge is 0.254 e. The maximum atomic E-state index is 12.8. The van der Waals surface area contributed by atoms with Gasteiger partial charge in [0.1, 0.15) is 0 Å². The van der Waals surface area contributed by atoms with Crippen molar-refractivity contribution in [3.05, 3.63) is 42.0 Å². The number of imide groups is 1. The van der Waals surface area contributed by atoms with E-state index in [0.717, 1.165) is 29.1 Å². The van der Waals surface area contributed by atoms with Gasteiger partial charge < -0.3 is 4.90 Å². The molecule has 5 heteroatoms. The molecule has 1 aliphatic heterocycles. The Kier molecular flexibility index (Phi) is 2.86. The fourth-order valence-corrected chi connectivity index (χ4v) is 5.16. The third-order valence-electron chi connectivity index (χ3n) is 6.56. The van der Waals surface area contributed by atoms with E-state index >= 15 is 0 Å². The molecule has 128 valence electrons. The van der Waals surface area contributed by atoms with Crippen LogP contribution in [0.5, 0.6) is 0 Å². The summed E-state index contributed by atoms with van der Waals surface area (Å²) in [5.41, 5.74) is 2.21. The molecule has 0 unspecified atom stereocenters. The minimum absolute atomic E-state index is 0.112. The number of hydrogen-bond acceptors (Lipinski definition) is 4. The average Bonchev–Trinajstić information content (AvgIpc) is 3.20. The molecule has 1 aromatic carbocycles. The molecule has 4 atom stereocenters. The van der Waals surface area contributed by atoms with Crippen molar-refractivity contribution in [2.24, 2.45) is 34.2 Å². The van der Waals surface area contributed by atoms with Crippen LogP contribution in [0.15, 0.2) is 41.5 Å². The highest BCUT2D eigenvalue weighted by Crippen LogP contribution is 2.73. The summed E-state index contributed by atoms with van der Waals surface area (Å²) in [6.07, 6.45) is 8.28. The van der Waals surface area contributed by atoms with E-state index in [2.05, 4.69) is 17.3 Å². The Bertz CT molecular complexity index is 786. The van der Waals surface area contributed by atoms with Crippen LogP contribution < -0.4 is 4.90 Å². The highest BCUT2D eigenvalue weighted by atomic mass is 16.2. The van der Waals surface area contributed by atoms with Gasteiger partial charge in [0.25, 0.3) is 11.8 Å². The Labute approximate surface area is 147 Å². The van der Waals surface area contributed by atoms with Crippen LogP contribution in [0.4, 0.5) is 5.69 Å². The van der Waals surface area contributed by atoms with Crippen molar-refractivity contribution in [2.45, 2.75) is 12.8 Å². The first-order valence-electron chi connectivity index (χ1n) is 8.90. The molecule has 2 amide bonds. The zero-order valence-electron chi connectivity index (χ0n) is 14.4. The molecule has 0 aromatic heterocycles. The van der Waals surface area contributed by atoms with Crippen LogP contribution in [0.25, 0.3) is 0 Å². The van der Waals surface area contributed by atoms with E-state index in [9.17, 15) is 9.59 Å². The van der Waals surface area contributed by atoms with Gasteiger partial charge in [-0.05, 0) is 47.8 Å². The normalized spacial score (nSPS) is 33.8. The highest BCUT2D eigenvalue weighted by molar-refractivity contribution is 6.07. The Morgan fingerprint density at radius 1 is 1.04 bits per heavy atom. The van der Waals surface area contributed by atoms with E-state index in [0.29, 0.717) is 0 Å². The average molecular weight is 335 g/mol. The van der Waals surface area contributed by atoms with E-state index in [1.165, 1.54) is 0 Å². The molecule has 0 radical (unpaired) electrons. The summed E-state index contributed by atoms with van der Waals surface area (Å²) in [5, 5.41) is 5.37. The molecule has 1 saturated heterocycles. The summed E-state index contributed by atoms with van der Waals surface area (Å²) in [5.74, 6) is -0.0906. The van der Waals surface area contributed by atoms with Gasteiger partial charge in [-0.2, -0.15) is 10.1 Å². The molecule has 0 N–H and O–H groups in total. The number of anilines is 1.